The monoisotopic (exact) mass is 408 g/mol. The highest BCUT2D eigenvalue weighted by molar-refractivity contribution is 5.88. The maximum Gasteiger partial charge on any atom is 0.335 e. The Labute approximate surface area is 183 Å². The van der Waals surface area contributed by atoms with Gasteiger partial charge in [-0.1, -0.05) is 120 Å². The second-order valence-corrected chi connectivity index (χ2v) is 8.57. The van der Waals surface area contributed by atoms with Crippen molar-refractivity contribution >= 4 is 5.97 Å². The number of benzene rings is 2. The fourth-order valence-electron chi connectivity index (χ4n) is 4.02. The average Bonchev–Trinajstić information content (AvgIpc) is 2.77. The number of aryl methyl sites for hydroxylation is 1. The molecule has 0 bridgehead atoms. The van der Waals surface area contributed by atoms with Gasteiger partial charge >= 0.3 is 5.97 Å². The first-order chi connectivity index (χ1) is 14.7. The van der Waals surface area contributed by atoms with Gasteiger partial charge in [-0.3, -0.25) is 0 Å². The van der Waals surface area contributed by atoms with Crippen molar-refractivity contribution in [3.63, 3.8) is 0 Å². The molecule has 0 aliphatic carbocycles. The molecule has 2 heteroatoms. The van der Waals surface area contributed by atoms with E-state index in [4.69, 9.17) is 5.11 Å². The minimum atomic E-state index is -0.880. The lowest BCUT2D eigenvalue weighted by Gasteiger charge is -2.06. The third-order valence-electron chi connectivity index (χ3n) is 5.99. The first kappa shape index (κ1) is 24.2. The van der Waals surface area contributed by atoms with Crippen LogP contribution in [0.5, 0.6) is 0 Å². The first-order valence-electron chi connectivity index (χ1n) is 12.1. The van der Waals surface area contributed by atoms with Gasteiger partial charge in [0, 0.05) is 0 Å². The van der Waals surface area contributed by atoms with Gasteiger partial charge in [-0.25, -0.2) is 4.79 Å². The highest BCUT2D eigenvalue weighted by Crippen LogP contribution is 2.21. The highest BCUT2D eigenvalue weighted by Gasteiger charge is 2.03. The normalized spacial score (nSPS) is 11.0. The van der Waals surface area contributed by atoms with Crippen molar-refractivity contribution in [1.82, 2.24) is 0 Å². The number of hydrogen-bond donors (Lipinski definition) is 1. The van der Waals surface area contributed by atoms with E-state index in [1.807, 2.05) is 12.1 Å². The molecule has 2 aromatic rings. The van der Waals surface area contributed by atoms with Crippen molar-refractivity contribution in [2.45, 2.75) is 96.8 Å². The summed E-state index contributed by atoms with van der Waals surface area (Å²) < 4.78 is 0. The van der Waals surface area contributed by atoms with Gasteiger partial charge in [0.25, 0.3) is 0 Å². The van der Waals surface area contributed by atoms with Gasteiger partial charge in [0.15, 0.2) is 0 Å². The van der Waals surface area contributed by atoms with Gasteiger partial charge in [-0.05, 0) is 41.7 Å². The van der Waals surface area contributed by atoms with E-state index in [1.54, 1.807) is 12.1 Å². The van der Waals surface area contributed by atoms with Crippen LogP contribution in [0.4, 0.5) is 0 Å². The van der Waals surface area contributed by atoms with Crippen molar-refractivity contribution in [2.75, 3.05) is 0 Å². The zero-order valence-corrected chi connectivity index (χ0v) is 18.9. The van der Waals surface area contributed by atoms with E-state index in [0.29, 0.717) is 5.56 Å². The lowest BCUT2D eigenvalue weighted by atomic mass is 10.00. The molecule has 0 atom stereocenters. The Morgan fingerprint density at radius 1 is 0.600 bits per heavy atom. The Kier molecular flexibility index (Phi) is 11.9. The van der Waals surface area contributed by atoms with Crippen molar-refractivity contribution in [1.29, 1.82) is 0 Å². The minimum absolute atomic E-state index is 0.331. The van der Waals surface area contributed by atoms with E-state index in [2.05, 4.69) is 31.2 Å². The molecule has 1 N–H and O–H groups in total. The third-order valence-corrected chi connectivity index (χ3v) is 5.99. The lowest BCUT2D eigenvalue weighted by Crippen LogP contribution is -1.95. The van der Waals surface area contributed by atoms with Crippen LogP contribution in [0.3, 0.4) is 0 Å². The second kappa shape index (κ2) is 14.8. The Hall–Kier alpha value is -2.09. The number of unbranched alkanes of at least 4 members (excludes halogenated alkanes) is 12. The number of rotatable bonds is 16. The van der Waals surface area contributed by atoms with Gasteiger partial charge in [0.1, 0.15) is 0 Å². The lowest BCUT2D eigenvalue weighted by molar-refractivity contribution is 0.0697. The first-order valence-corrected chi connectivity index (χ1v) is 12.1. The summed E-state index contributed by atoms with van der Waals surface area (Å²) in [5.41, 5.74) is 3.93. The van der Waals surface area contributed by atoms with E-state index in [0.717, 1.165) is 17.5 Å². The quantitative estimate of drug-likeness (QED) is 0.282. The molecule has 0 fully saturated rings. The molecule has 30 heavy (non-hydrogen) atoms. The van der Waals surface area contributed by atoms with Crippen LogP contribution >= 0.6 is 0 Å². The number of aromatic carboxylic acids is 1. The number of carbonyl (C=O) groups is 1. The number of carboxylic acids is 1. The SMILES string of the molecule is CCCCCCCCCCCCCCCc1ccc(-c2ccc(C(=O)O)cc2)cc1. The molecule has 0 heterocycles. The van der Waals surface area contributed by atoms with E-state index >= 15 is 0 Å². The molecule has 0 radical (unpaired) electrons. The number of carboxylic acid groups (broad SMARTS) is 1. The summed E-state index contributed by atoms with van der Waals surface area (Å²) in [7, 11) is 0. The molecule has 0 amide bonds. The van der Waals surface area contributed by atoms with Crippen molar-refractivity contribution in [3.8, 4) is 11.1 Å². The van der Waals surface area contributed by atoms with Crippen LogP contribution in [-0.2, 0) is 6.42 Å². The molecule has 0 saturated heterocycles. The molecule has 164 valence electrons. The van der Waals surface area contributed by atoms with Gasteiger partial charge in [-0.2, -0.15) is 0 Å². The number of hydrogen-bond acceptors (Lipinski definition) is 1. The van der Waals surface area contributed by atoms with Crippen LogP contribution in [0.1, 0.15) is 106 Å². The highest BCUT2D eigenvalue weighted by atomic mass is 16.4. The standard InChI is InChI=1S/C28H40O2/c1-2-3-4-5-6-7-8-9-10-11-12-13-14-15-24-16-18-25(19-17-24)26-20-22-27(23-21-26)28(29)30/h16-23H,2-15H2,1H3,(H,29,30). The summed E-state index contributed by atoms with van der Waals surface area (Å²) in [6.45, 7) is 2.28. The summed E-state index contributed by atoms with van der Waals surface area (Å²) in [5, 5.41) is 9.00. The molecule has 0 aliphatic heterocycles. The van der Waals surface area contributed by atoms with Crippen molar-refractivity contribution < 1.29 is 9.90 Å². The van der Waals surface area contributed by atoms with E-state index in [1.165, 1.54) is 89.0 Å². The molecule has 0 spiro atoms. The Morgan fingerprint density at radius 2 is 1.00 bits per heavy atom. The summed E-state index contributed by atoms with van der Waals surface area (Å²) in [6, 6.07) is 15.8. The van der Waals surface area contributed by atoms with Gasteiger partial charge < -0.3 is 5.11 Å². The van der Waals surface area contributed by atoms with E-state index in [9.17, 15) is 4.79 Å². The van der Waals surface area contributed by atoms with Crippen LogP contribution < -0.4 is 0 Å². The predicted molar refractivity (Wildman–Crippen MR) is 128 cm³/mol. The molecule has 2 rings (SSSR count). The van der Waals surface area contributed by atoms with Gasteiger partial charge in [0.05, 0.1) is 5.56 Å². The molecule has 0 aliphatic rings. The summed E-state index contributed by atoms with van der Waals surface area (Å²) >= 11 is 0. The Morgan fingerprint density at radius 3 is 1.43 bits per heavy atom. The van der Waals surface area contributed by atoms with Crippen LogP contribution in [0.25, 0.3) is 11.1 Å². The van der Waals surface area contributed by atoms with Crippen LogP contribution in [-0.4, -0.2) is 11.1 Å². The minimum Gasteiger partial charge on any atom is -0.478 e. The molecule has 0 unspecified atom stereocenters. The van der Waals surface area contributed by atoms with Crippen LogP contribution in [0, 0.1) is 0 Å². The summed E-state index contributed by atoms with van der Waals surface area (Å²) in [6.07, 6.45) is 19.2. The van der Waals surface area contributed by atoms with Crippen LogP contribution in [0.2, 0.25) is 0 Å². The zero-order chi connectivity index (χ0) is 21.4. The molecule has 0 aromatic heterocycles. The molecule has 2 nitrogen and oxygen atoms in total. The zero-order valence-electron chi connectivity index (χ0n) is 18.9. The summed E-state index contributed by atoms with van der Waals surface area (Å²) in [4.78, 5) is 11.0. The van der Waals surface area contributed by atoms with Crippen molar-refractivity contribution in [2.24, 2.45) is 0 Å². The fraction of sp³-hybridized carbons (Fsp3) is 0.536. The van der Waals surface area contributed by atoms with Gasteiger partial charge in [-0.15, -0.1) is 0 Å². The predicted octanol–water partition coefficient (Wildman–Crippen LogP) is 8.69. The second-order valence-electron chi connectivity index (χ2n) is 8.57. The summed E-state index contributed by atoms with van der Waals surface area (Å²) in [5.74, 6) is -0.880. The fourth-order valence-corrected chi connectivity index (χ4v) is 4.02. The molecular weight excluding hydrogens is 368 g/mol. The topological polar surface area (TPSA) is 37.3 Å². The maximum absolute atomic E-state index is 11.0. The van der Waals surface area contributed by atoms with Crippen molar-refractivity contribution in [3.05, 3.63) is 59.7 Å². The Bertz CT molecular complexity index is 700. The molecule has 2 aromatic carbocycles. The maximum atomic E-state index is 11.0. The average molecular weight is 409 g/mol. The van der Waals surface area contributed by atoms with E-state index in [-0.39, 0.29) is 0 Å². The smallest absolute Gasteiger partial charge is 0.335 e. The molecule has 0 saturated carbocycles. The van der Waals surface area contributed by atoms with Crippen LogP contribution in [0.15, 0.2) is 48.5 Å². The molecular formula is C28H40O2. The van der Waals surface area contributed by atoms with Gasteiger partial charge in [0.2, 0.25) is 0 Å². The largest absolute Gasteiger partial charge is 0.478 e. The Balaban J connectivity index is 1.52. The van der Waals surface area contributed by atoms with E-state index < -0.39 is 5.97 Å². The third kappa shape index (κ3) is 9.61.